The predicted molar refractivity (Wildman–Crippen MR) is 62.2 cm³/mol. The molecule has 16 heavy (non-hydrogen) atoms. The van der Waals surface area contributed by atoms with Crippen LogP contribution in [0.3, 0.4) is 0 Å². The van der Waals surface area contributed by atoms with Crippen LogP contribution in [0.1, 0.15) is 5.69 Å². The molecule has 1 amide bonds. The third-order valence-corrected chi connectivity index (χ3v) is 2.78. The van der Waals surface area contributed by atoms with Crippen LogP contribution in [-0.4, -0.2) is 36.6 Å². The topological polar surface area (TPSA) is 71.2 Å². The number of nitrogens with two attached hydrogens (primary N) is 1. The SMILES string of the molecule is Cc1cc(N2CCNCC2C(N)=O)ccn1. The van der Waals surface area contributed by atoms with Crippen molar-refractivity contribution < 1.29 is 4.79 Å². The Morgan fingerprint density at radius 1 is 1.69 bits per heavy atom. The van der Waals surface area contributed by atoms with Gasteiger partial charge in [-0.3, -0.25) is 9.78 Å². The van der Waals surface area contributed by atoms with Crippen molar-refractivity contribution in [2.45, 2.75) is 13.0 Å². The van der Waals surface area contributed by atoms with Crippen molar-refractivity contribution in [3.63, 3.8) is 0 Å². The average Bonchev–Trinajstić information content (AvgIpc) is 2.29. The van der Waals surface area contributed by atoms with Crippen molar-refractivity contribution in [1.29, 1.82) is 0 Å². The van der Waals surface area contributed by atoms with E-state index in [1.807, 2.05) is 24.0 Å². The van der Waals surface area contributed by atoms with E-state index >= 15 is 0 Å². The lowest BCUT2D eigenvalue weighted by atomic mass is 10.1. The van der Waals surface area contributed by atoms with E-state index in [1.165, 1.54) is 0 Å². The third kappa shape index (κ3) is 2.14. The lowest BCUT2D eigenvalue weighted by Gasteiger charge is -2.36. The zero-order valence-corrected chi connectivity index (χ0v) is 9.31. The van der Waals surface area contributed by atoms with E-state index in [2.05, 4.69) is 10.3 Å². The lowest BCUT2D eigenvalue weighted by Crippen LogP contribution is -2.57. The summed E-state index contributed by atoms with van der Waals surface area (Å²) in [6, 6.07) is 3.62. The first-order valence-electron chi connectivity index (χ1n) is 5.38. The number of nitrogens with one attached hydrogen (secondary N) is 1. The standard InChI is InChI=1S/C11H16N4O/c1-8-6-9(2-3-14-8)15-5-4-13-7-10(15)11(12)16/h2-3,6,10,13H,4-5,7H2,1H3,(H2,12,16). The largest absolute Gasteiger partial charge is 0.368 e. The summed E-state index contributed by atoms with van der Waals surface area (Å²) >= 11 is 0. The number of aryl methyl sites for hydroxylation is 1. The van der Waals surface area contributed by atoms with Crippen molar-refractivity contribution in [1.82, 2.24) is 10.3 Å². The summed E-state index contributed by atoms with van der Waals surface area (Å²) in [4.78, 5) is 17.5. The highest BCUT2D eigenvalue weighted by atomic mass is 16.1. The third-order valence-electron chi connectivity index (χ3n) is 2.78. The number of piperazine rings is 1. The zero-order chi connectivity index (χ0) is 11.5. The molecule has 0 spiro atoms. The molecular weight excluding hydrogens is 204 g/mol. The Morgan fingerprint density at radius 2 is 2.50 bits per heavy atom. The van der Waals surface area contributed by atoms with Crippen LogP contribution in [0.15, 0.2) is 18.3 Å². The van der Waals surface area contributed by atoms with Crippen LogP contribution in [0.2, 0.25) is 0 Å². The summed E-state index contributed by atoms with van der Waals surface area (Å²) in [5.74, 6) is -0.290. The molecule has 86 valence electrons. The average molecular weight is 220 g/mol. The number of primary amides is 1. The molecule has 0 radical (unpaired) electrons. The van der Waals surface area contributed by atoms with Crippen LogP contribution < -0.4 is 16.0 Å². The smallest absolute Gasteiger partial charge is 0.241 e. The van der Waals surface area contributed by atoms with Crippen LogP contribution in [-0.2, 0) is 4.79 Å². The molecule has 1 aromatic heterocycles. The first-order valence-corrected chi connectivity index (χ1v) is 5.38. The number of pyridine rings is 1. The fourth-order valence-electron chi connectivity index (χ4n) is 1.98. The number of rotatable bonds is 2. The van der Waals surface area contributed by atoms with E-state index in [9.17, 15) is 4.79 Å². The van der Waals surface area contributed by atoms with Gasteiger partial charge in [0.2, 0.25) is 5.91 Å². The quantitative estimate of drug-likeness (QED) is 0.715. The second-order valence-electron chi connectivity index (χ2n) is 3.97. The summed E-state index contributed by atoms with van der Waals surface area (Å²) in [5.41, 5.74) is 7.35. The molecule has 0 bridgehead atoms. The molecule has 2 heterocycles. The van der Waals surface area contributed by atoms with E-state index in [1.54, 1.807) is 6.20 Å². The summed E-state index contributed by atoms with van der Waals surface area (Å²) < 4.78 is 0. The van der Waals surface area contributed by atoms with E-state index < -0.39 is 0 Å². The molecule has 1 aliphatic rings. The van der Waals surface area contributed by atoms with Gasteiger partial charge in [0.1, 0.15) is 6.04 Å². The predicted octanol–water partition coefficient (Wildman–Crippen LogP) is -0.346. The Hall–Kier alpha value is -1.62. The van der Waals surface area contributed by atoms with Crippen molar-refractivity contribution in [2.24, 2.45) is 5.73 Å². The number of hydrogen-bond donors (Lipinski definition) is 2. The van der Waals surface area contributed by atoms with Gasteiger partial charge < -0.3 is 16.0 Å². The van der Waals surface area contributed by atoms with E-state index in [4.69, 9.17) is 5.73 Å². The summed E-state index contributed by atoms with van der Waals surface area (Å²) in [7, 11) is 0. The molecule has 0 aliphatic carbocycles. The number of nitrogens with zero attached hydrogens (tertiary/aromatic N) is 2. The maximum atomic E-state index is 11.3. The number of amides is 1. The number of carbonyl (C=O) groups is 1. The van der Waals surface area contributed by atoms with E-state index in [0.717, 1.165) is 24.5 Å². The number of carbonyl (C=O) groups excluding carboxylic acids is 1. The first kappa shape index (κ1) is 10.9. The molecule has 5 nitrogen and oxygen atoms in total. The molecule has 1 fully saturated rings. The maximum absolute atomic E-state index is 11.3. The maximum Gasteiger partial charge on any atom is 0.241 e. The zero-order valence-electron chi connectivity index (χ0n) is 9.31. The number of hydrogen-bond acceptors (Lipinski definition) is 4. The highest BCUT2D eigenvalue weighted by molar-refractivity contribution is 5.84. The van der Waals surface area contributed by atoms with Crippen molar-refractivity contribution in [2.75, 3.05) is 24.5 Å². The van der Waals surface area contributed by atoms with Gasteiger partial charge in [-0.1, -0.05) is 0 Å². The minimum absolute atomic E-state index is 0.268. The molecular formula is C11H16N4O. The van der Waals surface area contributed by atoms with Gasteiger partial charge in [0.25, 0.3) is 0 Å². The van der Waals surface area contributed by atoms with Crippen LogP contribution in [0.25, 0.3) is 0 Å². The second kappa shape index (κ2) is 4.49. The molecule has 1 saturated heterocycles. The minimum Gasteiger partial charge on any atom is -0.368 e. The van der Waals surface area contributed by atoms with E-state index in [0.29, 0.717) is 6.54 Å². The molecule has 0 aromatic carbocycles. The molecule has 1 unspecified atom stereocenters. The molecule has 3 N–H and O–H groups in total. The Bertz CT molecular complexity index is 393. The molecule has 0 saturated carbocycles. The highest BCUT2D eigenvalue weighted by Crippen LogP contribution is 2.18. The monoisotopic (exact) mass is 220 g/mol. The second-order valence-corrected chi connectivity index (χ2v) is 3.97. The lowest BCUT2D eigenvalue weighted by molar-refractivity contribution is -0.119. The summed E-state index contributed by atoms with van der Waals surface area (Å²) in [5, 5.41) is 3.17. The minimum atomic E-state index is -0.290. The molecule has 1 atom stereocenters. The van der Waals surface area contributed by atoms with Gasteiger partial charge in [0.15, 0.2) is 0 Å². The first-order chi connectivity index (χ1) is 7.68. The van der Waals surface area contributed by atoms with Gasteiger partial charge in [0.05, 0.1) is 0 Å². The molecule has 1 aliphatic heterocycles. The normalized spacial score (nSPS) is 20.8. The van der Waals surface area contributed by atoms with Gasteiger partial charge in [-0.05, 0) is 19.1 Å². The van der Waals surface area contributed by atoms with Crippen molar-refractivity contribution >= 4 is 11.6 Å². The Morgan fingerprint density at radius 3 is 3.19 bits per heavy atom. The van der Waals surface area contributed by atoms with Gasteiger partial charge >= 0.3 is 0 Å². The van der Waals surface area contributed by atoms with Crippen molar-refractivity contribution in [3.8, 4) is 0 Å². The fraction of sp³-hybridized carbons (Fsp3) is 0.455. The fourth-order valence-corrected chi connectivity index (χ4v) is 1.98. The van der Waals surface area contributed by atoms with Gasteiger partial charge in [-0.15, -0.1) is 0 Å². The number of anilines is 1. The summed E-state index contributed by atoms with van der Waals surface area (Å²) in [6.45, 7) is 4.20. The molecule has 2 rings (SSSR count). The summed E-state index contributed by atoms with van der Waals surface area (Å²) in [6.07, 6.45) is 1.75. The Kier molecular flexibility index (Phi) is 3.05. The van der Waals surface area contributed by atoms with E-state index in [-0.39, 0.29) is 11.9 Å². The van der Waals surface area contributed by atoms with Gasteiger partial charge in [-0.2, -0.15) is 0 Å². The van der Waals surface area contributed by atoms with Gasteiger partial charge in [-0.25, -0.2) is 0 Å². The highest BCUT2D eigenvalue weighted by Gasteiger charge is 2.26. The van der Waals surface area contributed by atoms with Crippen LogP contribution in [0, 0.1) is 6.92 Å². The van der Waals surface area contributed by atoms with Crippen LogP contribution in [0.4, 0.5) is 5.69 Å². The molecule has 1 aromatic rings. The Balaban J connectivity index is 2.26. The van der Waals surface area contributed by atoms with Crippen molar-refractivity contribution in [3.05, 3.63) is 24.0 Å². The Labute approximate surface area is 94.6 Å². The molecule has 5 heteroatoms. The van der Waals surface area contributed by atoms with Crippen LogP contribution >= 0.6 is 0 Å². The number of aromatic nitrogens is 1. The van der Waals surface area contributed by atoms with Crippen LogP contribution in [0.5, 0.6) is 0 Å². The van der Waals surface area contributed by atoms with Gasteiger partial charge in [0, 0.05) is 37.2 Å².